The standard InChI is InChI=1S/C18H23N7O2S/c1-19-28(26)13-3-4-15(25-7-5-12(27-2)6-8-25)14(9-13)24-18-16-17(21-10-20-16)22-11-23-18/h3-4,9-12,19H,5-8H2,1-2H3,(H2,20,21,22,23,24). The van der Waals surface area contributed by atoms with Crippen LogP contribution in [0.3, 0.4) is 0 Å². The van der Waals surface area contributed by atoms with E-state index in [1.165, 1.54) is 6.33 Å². The number of anilines is 3. The Bertz CT molecular complexity index is 985. The number of nitrogens with zero attached hydrogens (tertiary/aromatic N) is 4. The number of benzene rings is 1. The van der Waals surface area contributed by atoms with Crippen LogP contribution in [0.15, 0.2) is 35.7 Å². The number of hydrogen-bond acceptors (Lipinski definition) is 7. The van der Waals surface area contributed by atoms with Crippen molar-refractivity contribution in [2.24, 2.45) is 0 Å². The zero-order chi connectivity index (χ0) is 19.5. The van der Waals surface area contributed by atoms with Gasteiger partial charge < -0.3 is 19.9 Å². The molecule has 0 spiro atoms. The second kappa shape index (κ2) is 8.21. The highest BCUT2D eigenvalue weighted by atomic mass is 32.2. The van der Waals surface area contributed by atoms with Crippen LogP contribution >= 0.6 is 0 Å². The summed E-state index contributed by atoms with van der Waals surface area (Å²) >= 11 is 0. The van der Waals surface area contributed by atoms with Gasteiger partial charge in [-0.2, -0.15) is 0 Å². The van der Waals surface area contributed by atoms with E-state index in [1.54, 1.807) is 20.5 Å². The molecule has 2 aromatic heterocycles. The van der Waals surface area contributed by atoms with Crippen molar-refractivity contribution < 1.29 is 8.95 Å². The van der Waals surface area contributed by atoms with Gasteiger partial charge in [0.05, 0.1) is 28.7 Å². The van der Waals surface area contributed by atoms with Crippen LogP contribution in [0.2, 0.25) is 0 Å². The lowest BCUT2D eigenvalue weighted by Gasteiger charge is -2.34. The maximum atomic E-state index is 12.3. The van der Waals surface area contributed by atoms with E-state index in [0.29, 0.717) is 22.5 Å². The van der Waals surface area contributed by atoms with Gasteiger partial charge in [-0.15, -0.1) is 0 Å². The minimum atomic E-state index is -1.28. The molecule has 0 amide bonds. The minimum Gasteiger partial charge on any atom is -0.381 e. The molecule has 10 heteroatoms. The molecule has 1 fully saturated rings. The summed E-state index contributed by atoms with van der Waals surface area (Å²) in [6, 6.07) is 5.79. The number of aromatic nitrogens is 4. The zero-order valence-electron chi connectivity index (χ0n) is 15.8. The normalized spacial score (nSPS) is 16.4. The van der Waals surface area contributed by atoms with E-state index in [9.17, 15) is 4.21 Å². The average Bonchev–Trinajstić information content (AvgIpc) is 3.23. The van der Waals surface area contributed by atoms with Gasteiger partial charge in [0.15, 0.2) is 11.5 Å². The summed E-state index contributed by atoms with van der Waals surface area (Å²) in [4.78, 5) is 18.8. The highest BCUT2D eigenvalue weighted by Gasteiger charge is 2.22. The van der Waals surface area contributed by atoms with E-state index in [-0.39, 0.29) is 0 Å². The van der Waals surface area contributed by atoms with Crippen LogP contribution in [0.1, 0.15) is 12.8 Å². The fraction of sp³-hybridized carbons (Fsp3) is 0.389. The van der Waals surface area contributed by atoms with Crippen LogP contribution in [0, 0.1) is 0 Å². The van der Waals surface area contributed by atoms with Gasteiger partial charge in [0.1, 0.15) is 22.8 Å². The summed E-state index contributed by atoms with van der Waals surface area (Å²) < 4.78 is 20.5. The Kier molecular flexibility index (Phi) is 5.51. The molecule has 0 saturated carbocycles. The molecule has 9 nitrogen and oxygen atoms in total. The van der Waals surface area contributed by atoms with Crippen molar-refractivity contribution in [3.8, 4) is 0 Å². The van der Waals surface area contributed by atoms with Crippen molar-refractivity contribution in [1.29, 1.82) is 0 Å². The maximum absolute atomic E-state index is 12.3. The number of piperidine rings is 1. The topological polar surface area (TPSA) is 108 Å². The molecular formula is C18H23N7O2S. The predicted molar refractivity (Wildman–Crippen MR) is 109 cm³/mol. The van der Waals surface area contributed by atoms with E-state index in [1.807, 2.05) is 18.2 Å². The van der Waals surface area contributed by atoms with Gasteiger partial charge in [-0.25, -0.2) is 23.9 Å². The van der Waals surface area contributed by atoms with Gasteiger partial charge in [-0.3, -0.25) is 0 Å². The third-order valence-corrected chi connectivity index (χ3v) is 6.01. The number of ether oxygens (including phenoxy) is 1. The Morgan fingerprint density at radius 1 is 1.25 bits per heavy atom. The molecule has 0 radical (unpaired) electrons. The number of rotatable bonds is 6. The van der Waals surface area contributed by atoms with Crippen molar-refractivity contribution in [2.75, 3.05) is 37.5 Å². The first kappa shape index (κ1) is 18.8. The summed E-state index contributed by atoms with van der Waals surface area (Å²) in [7, 11) is 2.16. The van der Waals surface area contributed by atoms with Crippen molar-refractivity contribution >= 4 is 39.3 Å². The van der Waals surface area contributed by atoms with Crippen molar-refractivity contribution in [3.05, 3.63) is 30.9 Å². The second-order valence-electron chi connectivity index (χ2n) is 6.52. The number of methoxy groups -OCH3 is 1. The largest absolute Gasteiger partial charge is 0.381 e. The zero-order valence-corrected chi connectivity index (χ0v) is 16.6. The highest BCUT2D eigenvalue weighted by Crippen LogP contribution is 2.33. The number of H-pyrrole nitrogens is 1. The first-order valence-electron chi connectivity index (χ1n) is 9.11. The summed E-state index contributed by atoms with van der Waals surface area (Å²) in [6.07, 6.45) is 5.31. The Labute approximate surface area is 165 Å². The molecule has 1 aliphatic heterocycles. The quantitative estimate of drug-likeness (QED) is 0.579. The Morgan fingerprint density at radius 2 is 2.07 bits per heavy atom. The summed E-state index contributed by atoms with van der Waals surface area (Å²) in [5, 5.41) is 3.39. The third kappa shape index (κ3) is 3.71. The van der Waals surface area contributed by atoms with E-state index in [4.69, 9.17) is 4.74 Å². The van der Waals surface area contributed by atoms with Gasteiger partial charge in [0, 0.05) is 20.2 Å². The van der Waals surface area contributed by atoms with Crippen LogP contribution in [0.4, 0.5) is 17.2 Å². The van der Waals surface area contributed by atoms with E-state index in [0.717, 1.165) is 42.8 Å². The monoisotopic (exact) mass is 401 g/mol. The lowest BCUT2D eigenvalue weighted by atomic mass is 10.1. The van der Waals surface area contributed by atoms with E-state index >= 15 is 0 Å². The van der Waals surface area contributed by atoms with Crippen LogP contribution < -0.4 is 14.9 Å². The van der Waals surface area contributed by atoms with Crippen LogP contribution in [0.5, 0.6) is 0 Å². The molecule has 3 heterocycles. The molecule has 1 unspecified atom stereocenters. The van der Waals surface area contributed by atoms with Gasteiger partial charge in [-0.1, -0.05) is 0 Å². The van der Waals surface area contributed by atoms with E-state index < -0.39 is 11.0 Å². The average molecular weight is 401 g/mol. The molecule has 3 N–H and O–H groups in total. The van der Waals surface area contributed by atoms with Crippen LogP contribution in [0.25, 0.3) is 11.2 Å². The number of nitrogens with one attached hydrogen (secondary N) is 3. The third-order valence-electron chi connectivity index (χ3n) is 4.96. The second-order valence-corrected chi connectivity index (χ2v) is 7.94. The molecule has 1 atom stereocenters. The molecule has 1 aliphatic rings. The first-order chi connectivity index (χ1) is 13.7. The number of aromatic amines is 1. The summed E-state index contributed by atoms with van der Waals surface area (Å²) in [5.74, 6) is 0.628. The Balaban J connectivity index is 1.70. The molecule has 28 heavy (non-hydrogen) atoms. The first-order valence-corrected chi connectivity index (χ1v) is 10.3. The van der Waals surface area contributed by atoms with Gasteiger partial charge in [0.2, 0.25) is 0 Å². The number of imidazole rings is 1. The van der Waals surface area contributed by atoms with E-state index in [2.05, 4.69) is 34.9 Å². The molecule has 148 valence electrons. The molecule has 0 bridgehead atoms. The molecule has 1 aromatic carbocycles. The molecular weight excluding hydrogens is 378 g/mol. The minimum absolute atomic E-state index is 0.301. The van der Waals surface area contributed by atoms with Gasteiger partial charge in [0.25, 0.3) is 0 Å². The molecule has 0 aliphatic carbocycles. The lowest BCUT2D eigenvalue weighted by molar-refractivity contribution is 0.0819. The number of fused-ring (bicyclic) bond motifs is 1. The SMILES string of the molecule is CNS(=O)c1ccc(N2CCC(OC)CC2)c(Nc2ncnc3nc[nH]c23)c1. The Hall–Kier alpha value is -2.56. The Morgan fingerprint density at radius 3 is 2.82 bits per heavy atom. The molecule has 4 rings (SSSR count). The van der Waals surface area contributed by atoms with Gasteiger partial charge in [-0.05, 0) is 38.1 Å². The summed E-state index contributed by atoms with van der Waals surface area (Å²) in [6.45, 7) is 1.79. The van der Waals surface area contributed by atoms with Crippen molar-refractivity contribution in [2.45, 2.75) is 23.8 Å². The highest BCUT2D eigenvalue weighted by molar-refractivity contribution is 7.83. The molecule has 1 saturated heterocycles. The van der Waals surface area contributed by atoms with Crippen molar-refractivity contribution in [1.82, 2.24) is 24.7 Å². The lowest BCUT2D eigenvalue weighted by Crippen LogP contribution is -2.37. The molecule has 3 aromatic rings. The van der Waals surface area contributed by atoms with Gasteiger partial charge >= 0.3 is 0 Å². The number of hydrogen-bond donors (Lipinski definition) is 3. The fourth-order valence-corrected chi connectivity index (χ4v) is 4.10. The van der Waals surface area contributed by atoms with Crippen LogP contribution in [-0.4, -0.2) is 57.5 Å². The smallest absolute Gasteiger partial charge is 0.182 e. The van der Waals surface area contributed by atoms with Crippen LogP contribution in [-0.2, 0) is 15.7 Å². The maximum Gasteiger partial charge on any atom is 0.182 e. The van der Waals surface area contributed by atoms with Crippen molar-refractivity contribution in [3.63, 3.8) is 0 Å². The summed E-state index contributed by atoms with van der Waals surface area (Å²) in [5.41, 5.74) is 3.20. The predicted octanol–water partition coefficient (Wildman–Crippen LogP) is 1.95. The fourth-order valence-electron chi connectivity index (χ4n) is 3.44.